The van der Waals surface area contributed by atoms with E-state index in [1.54, 1.807) is 0 Å². The van der Waals surface area contributed by atoms with Crippen LogP contribution in [-0.2, 0) is 11.2 Å². The van der Waals surface area contributed by atoms with Gasteiger partial charge in [0, 0.05) is 23.8 Å². The molecule has 1 saturated heterocycles. The molecule has 1 amide bonds. The van der Waals surface area contributed by atoms with E-state index in [4.69, 9.17) is 0 Å². The smallest absolute Gasteiger partial charge is 0.227 e. The Bertz CT molecular complexity index is 466. The van der Waals surface area contributed by atoms with E-state index in [-0.39, 0.29) is 11.8 Å². The minimum absolute atomic E-state index is 0.162. The van der Waals surface area contributed by atoms with Crippen molar-refractivity contribution in [1.29, 1.82) is 0 Å². The first-order chi connectivity index (χ1) is 9.33. The molecule has 2 aliphatic rings. The highest BCUT2D eigenvalue weighted by Crippen LogP contribution is 2.25. The zero-order valence-corrected chi connectivity index (χ0v) is 11.2. The van der Waals surface area contributed by atoms with Gasteiger partial charge in [0.05, 0.1) is 0 Å². The lowest BCUT2D eigenvalue weighted by Crippen LogP contribution is -2.34. The molecule has 0 aliphatic carbocycles. The van der Waals surface area contributed by atoms with Crippen LogP contribution in [0.3, 0.4) is 0 Å². The van der Waals surface area contributed by atoms with E-state index in [0.717, 1.165) is 44.6 Å². The molecular weight excluding hydrogens is 238 g/mol. The van der Waals surface area contributed by atoms with Gasteiger partial charge < -0.3 is 16.0 Å². The summed E-state index contributed by atoms with van der Waals surface area (Å²) in [6.07, 6.45) is 4.15. The molecule has 102 valence electrons. The van der Waals surface area contributed by atoms with Crippen molar-refractivity contribution in [3.8, 4) is 0 Å². The Morgan fingerprint density at radius 1 is 1.21 bits per heavy atom. The third kappa shape index (κ3) is 2.89. The van der Waals surface area contributed by atoms with Crippen LogP contribution in [0.5, 0.6) is 0 Å². The van der Waals surface area contributed by atoms with E-state index in [1.165, 1.54) is 17.7 Å². The normalized spacial score (nSPS) is 19.4. The van der Waals surface area contributed by atoms with Crippen LogP contribution in [-0.4, -0.2) is 25.5 Å². The molecule has 0 atom stereocenters. The van der Waals surface area contributed by atoms with Gasteiger partial charge in [0.1, 0.15) is 0 Å². The van der Waals surface area contributed by atoms with E-state index in [2.05, 4.69) is 28.1 Å². The number of carbonyl (C=O) groups excluding carboxylic acids is 1. The Kier molecular flexibility index (Phi) is 3.69. The van der Waals surface area contributed by atoms with Gasteiger partial charge in [-0.2, -0.15) is 0 Å². The molecule has 2 heterocycles. The highest BCUT2D eigenvalue weighted by Gasteiger charge is 2.21. The van der Waals surface area contributed by atoms with Crippen LogP contribution in [0.25, 0.3) is 0 Å². The number of anilines is 2. The number of hydrogen-bond donors (Lipinski definition) is 3. The second-order valence-corrected chi connectivity index (χ2v) is 5.42. The van der Waals surface area contributed by atoms with Crippen molar-refractivity contribution in [3.05, 3.63) is 23.8 Å². The van der Waals surface area contributed by atoms with Gasteiger partial charge in [-0.1, -0.05) is 0 Å². The monoisotopic (exact) mass is 259 g/mol. The van der Waals surface area contributed by atoms with E-state index in [1.807, 2.05) is 6.07 Å². The van der Waals surface area contributed by atoms with Crippen LogP contribution in [0.4, 0.5) is 11.4 Å². The molecule has 1 aromatic rings. The second-order valence-electron chi connectivity index (χ2n) is 5.42. The Morgan fingerprint density at radius 2 is 2.05 bits per heavy atom. The molecule has 2 aliphatic heterocycles. The molecular formula is C15H21N3O. The van der Waals surface area contributed by atoms with Crippen molar-refractivity contribution in [2.45, 2.75) is 25.7 Å². The number of hydrogen-bond acceptors (Lipinski definition) is 3. The third-order valence-corrected chi connectivity index (χ3v) is 4.02. The Hall–Kier alpha value is -1.55. The maximum Gasteiger partial charge on any atom is 0.227 e. The number of piperidine rings is 1. The number of benzene rings is 1. The number of rotatable bonds is 2. The maximum atomic E-state index is 12.2. The highest BCUT2D eigenvalue weighted by atomic mass is 16.1. The molecule has 0 bridgehead atoms. The van der Waals surface area contributed by atoms with Gasteiger partial charge in [-0.05, 0) is 62.5 Å². The van der Waals surface area contributed by atoms with Crippen LogP contribution < -0.4 is 16.0 Å². The van der Waals surface area contributed by atoms with Crippen molar-refractivity contribution >= 4 is 17.3 Å². The number of amides is 1. The Balaban J connectivity index is 1.67. The van der Waals surface area contributed by atoms with Gasteiger partial charge >= 0.3 is 0 Å². The summed E-state index contributed by atoms with van der Waals surface area (Å²) in [5, 5.41) is 9.74. The van der Waals surface area contributed by atoms with Crippen molar-refractivity contribution in [1.82, 2.24) is 5.32 Å². The summed E-state index contributed by atoms with van der Waals surface area (Å²) < 4.78 is 0. The van der Waals surface area contributed by atoms with Crippen molar-refractivity contribution in [2.24, 2.45) is 5.92 Å². The summed E-state index contributed by atoms with van der Waals surface area (Å²) in [7, 11) is 0. The summed E-state index contributed by atoms with van der Waals surface area (Å²) in [5.74, 6) is 0.334. The molecule has 3 N–H and O–H groups in total. The summed E-state index contributed by atoms with van der Waals surface area (Å²) in [6.45, 7) is 2.95. The molecule has 1 fully saturated rings. The lowest BCUT2D eigenvalue weighted by molar-refractivity contribution is -0.120. The van der Waals surface area contributed by atoms with Crippen molar-refractivity contribution in [2.75, 3.05) is 30.3 Å². The minimum atomic E-state index is 0.162. The fraction of sp³-hybridized carbons (Fsp3) is 0.533. The van der Waals surface area contributed by atoms with Crippen LogP contribution >= 0.6 is 0 Å². The average molecular weight is 259 g/mol. The van der Waals surface area contributed by atoms with E-state index in [0.29, 0.717) is 0 Å². The quantitative estimate of drug-likeness (QED) is 0.761. The first-order valence-electron chi connectivity index (χ1n) is 7.21. The van der Waals surface area contributed by atoms with E-state index >= 15 is 0 Å². The van der Waals surface area contributed by atoms with E-state index < -0.39 is 0 Å². The molecule has 0 radical (unpaired) electrons. The average Bonchev–Trinajstić information content (AvgIpc) is 2.48. The predicted molar refractivity (Wildman–Crippen MR) is 77.5 cm³/mol. The summed E-state index contributed by atoms with van der Waals surface area (Å²) in [5.41, 5.74) is 3.46. The largest absolute Gasteiger partial charge is 0.385 e. The second kappa shape index (κ2) is 5.61. The fourth-order valence-corrected chi connectivity index (χ4v) is 2.88. The van der Waals surface area contributed by atoms with E-state index in [9.17, 15) is 4.79 Å². The molecule has 1 aromatic carbocycles. The van der Waals surface area contributed by atoms with Gasteiger partial charge in [-0.15, -0.1) is 0 Å². The lowest BCUT2D eigenvalue weighted by atomic mass is 9.97. The van der Waals surface area contributed by atoms with Gasteiger partial charge in [-0.3, -0.25) is 4.79 Å². The molecule has 0 spiro atoms. The van der Waals surface area contributed by atoms with Crippen LogP contribution in [0, 0.1) is 5.92 Å². The highest BCUT2D eigenvalue weighted by molar-refractivity contribution is 5.93. The number of carbonyl (C=O) groups is 1. The fourth-order valence-electron chi connectivity index (χ4n) is 2.88. The van der Waals surface area contributed by atoms with Gasteiger partial charge in [0.2, 0.25) is 5.91 Å². The first-order valence-corrected chi connectivity index (χ1v) is 7.21. The van der Waals surface area contributed by atoms with Gasteiger partial charge in [-0.25, -0.2) is 0 Å². The third-order valence-electron chi connectivity index (χ3n) is 4.02. The Labute approximate surface area is 114 Å². The minimum Gasteiger partial charge on any atom is -0.385 e. The molecule has 0 saturated carbocycles. The number of fused-ring (bicyclic) bond motifs is 1. The molecule has 19 heavy (non-hydrogen) atoms. The summed E-state index contributed by atoms with van der Waals surface area (Å²) >= 11 is 0. The Morgan fingerprint density at radius 3 is 2.89 bits per heavy atom. The molecule has 0 unspecified atom stereocenters. The van der Waals surface area contributed by atoms with Crippen molar-refractivity contribution in [3.63, 3.8) is 0 Å². The maximum absolute atomic E-state index is 12.2. The summed E-state index contributed by atoms with van der Waals surface area (Å²) in [4.78, 5) is 12.2. The predicted octanol–water partition coefficient (Wildman–Crippen LogP) is 1.98. The lowest BCUT2D eigenvalue weighted by Gasteiger charge is -2.23. The standard InChI is InChI=1S/C15H21N3O/c19-15(11-5-8-16-9-6-11)18-13-3-4-14-12(10-13)2-1-7-17-14/h3-4,10-11,16-17H,1-2,5-9H2,(H,18,19). The van der Waals surface area contributed by atoms with Gasteiger partial charge in [0.15, 0.2) is 0 Å². The van der Waals surface area contributed by atoms with Crippen LogP contribution in [0.15, 0.2) is 18.2 Å². The van der Waals surface area contributed by atoms with Crippen LogP contribution in [0.2, 0.25) is 0 Å². The van der Waals surface area contributed by atoms with Gasteiger partial charge in [0.25, 0.3) is 0 Å². The number of nitrogens with one attached hydrogen (secondary N) is 3. The zero-order chi connectivity index (χ0) is 13.1. The van der Waals surface area contributed by atoms with Crippen molar-refractivity contribution < 1.29 is 4.79 Å². The molecule has 3 rings (SSSR count). The summed E-state index contributed by atoms with van der Waals surface area (Å²) in [6, 6.07) is 6.18. The van der Waals surface area contributed by atoms with Crippen LogP contribution in [0.1, 0.15) is 24.8 Å². The topological polar surface area (TPSA) is 53.2 Å². The molecule has 4 nitrogen and oxygen atoms in total. The zero-order valence-electron chi connectivity index (χ0n) is 11.2. The molecule has 0 aromatic heterocycles. The SMILES string of the molecule is O=C(Nc1ccc2c(c1)CCCN2)C1CCNCC1. The first kappa shape index (κ1) is 12.5. The molecule has 4 heteroatoms. The number of aryl methyl sites for hydroxylation is 1.